The smallest absolute Gasteiger partial charge is 0.417 e. The van der Waals surface area contributed by atoms with E-state index >= 15 is 0 Å². The number of hydrogen-bond acceptors (Lipinski definition) is 3. The molecule has 1 unspecified atom stereocenters. The monoisotopic (exact) mass is 276 g/mol. The maximum absolute atomic E-state index is 13.0. The van der Waals surface area contributed by atoms with Crippen LogP contribution in [0, 0.1) is 0 Å². The van der Waals surface area contributed by atoms with Crippen LogP contribution in [0.5, 0.6) is 11.5 Å². The Balaban J connectivity index is 2.21. The molecule has 0 aliphatic carbocycles. The number of phenolic OH excluding ortho intramolecular Hbond substituents is 1. The Hall–Kier alpha value is -1.43. The SMILES string of the molecule is CCOc1cc(CC2(C(F)(F)F)CCO2)ccc1O. The van der Waals surface area contributed by atoms with Crippen LogP contribution in [0.25, 0.3) is 0 Å². The molecule has 1 fully saturated rings. The largest absolute Gasteiger partial charge is 0.504 e. The molecule has 1 aliphatic rings. The summed E-state index contributed by atoms with van der Waals surface area (Å²) in [5, 5.41) is 9.52. The molecule has 1 N–H and O–H groups in total. The molecular weight excluding hydrogens is 261 g/mol. The Morgan fingerprint density at radius 2 is 2.11 bits per heavy atom. The van der Waals surface area contributed by atoms with E-state index in [1.807, 2.05) is 0 Å². The van der Waals surface area contributed by atoms with Crippen molar-refractivity contribution in [3.05, 3.63) is 23.8 Å². The van der Waals surface area contributed by atoms with Gasteiger partial charge in [0.15, 0.2) is 17.1 Å². The van der Waals surface area contributed by atoms with E-state index in [1.54, 1.807) is 6.92 Å². The fourth-order valence-corrected chi connectivity index (χ4v) is 2.08. The number of aromatic hydroxyl groups is 1. The van der Waals surface area contributed by atoms with Crippen molar-refractivity contribution in [3.63, 3.8) is 0 Å². The molecule has 1 aromatic rings. The first-order chi connectivity index (χ1) is 8.88. The lowest BCUT2D eigenvalue weighted by Crippen LogP contribution is -2.57. The molecule has 0 amide bonds. The number of phenols is 1. The third kappa shape index (κ3) is 2.63. The molecule has 0 saturated carbocycles. The van der Waals surface area contributed by atoms with Gasteiger partial charge in [-0.2, -0.15) is 13.2 Å². The van der Waals surface area contributed by atoms with Gasteiger partial charge in [-0.15, -0.1) is 0 Å². The third-order valence-electron chi connectivity index (χ3n) is 3.21. The van der Waals surface area contributed by atoms with Gasteiger partial charge in [0, 0.05) is 12.8 Å². The lowest BCUT2D eigenvalue weighted by molar-refractivity contribution is -0.324. The van der Waals surface area contributed by atoms with Crippen LogP contribution in [0.4, 0.5) is 13.2 Å². The van der Waals surface area contributed by atoms with Crippen molar-refractivity contribution in [3.8, 4) is 11.5 Å². The van der Waals surface area contributed by atoms with Crippen molar-refractivity contribution in [1.29, 1.82) is 0 Å². The maximum Gasteiger partial charge on any atom is 0.417 e. The second kappa shape index (κ2) is 4.92. The molecule has 0 aromatic heterocycles. The zero-order valence-corrected chi connectivity index (χ0v) is 10.5. The molecule has 0 bridgehead atoms. The Kier molecular flexibility index (Phi) is 3.62. The number of ether oxygens (including phenoxy) is 2. The molecule has 1 heterocycles. The molecule has 3 nitrogen and oxygen atoms in total. The van der Waals surface area contributed by atoms with E-state index in [9.17, 15) is 18.3 Å². The van der Waals surface area contributed by atoms with Crippen LogP contribution in [0.2, 0.25) is 0 Å². The molecular formula is C13H15F3O3. The zero-order chi connectivity index (χ0) is 14.1. The van der Waals surface area contributed by atoms with E-state index in [0.29, 0.717) is 12.2 Å². The molecule has 6 heteroatoms. The van der Waals surface area contributed by atoms with Gasteiger partial charge in [0.05, 0.1) is 13.2 Å². The summed E-state index contributed by atoms with van der Waals surface area (Å²) in [6.07, 6.45) is -4.70. The fraction of sp³-hybridized carbons (Fsp3) is 0.538. The van der Waals surface area contributed by atoms with Crippen LogP contribution in [0.3, 0.4) is 0 Å². The summed E-state index contributed by atoms with van der Waals surface area (Å²) in [5.41, 5.74) is -1.66. The van der Waals surface area contributed by atoms with Crippen molar-refractivity contribution in [2.24, 2.45) is 0 Å². The topological polar surface area (TPSA) is 38.7 Å². The Bertz CT molecular complexity index is 453. The summed E-state index contributed by atoms with van der Waals surface area (Å²) in [7, 11) is 0. The zero-order valence-electron chi connectivity index (χ0n) is 10.5. The van der Waals surface area contributed by atoms with Crippen LogP contribution in [0.1, 0.15) is 18.9 Å². The quantitative estimate of drug-likeness (QED) is 0.918. The van der Waals surface area contributed by atoms with Gasteiger partial charge in [-0.25, -0.2) is 0 Å². The first kappa shape index (κ1) is 14.0. The van der Waals surface area contributed by atoms with Gasteiger partial charge < -0.3 is 14.6 Å². The van der Waals surface area contributed by atoms with Gasteiger partial charge in [0.1, 0.15) is 0 Å². The molecule has 1 saturated heterocycles. The van der Waals surface area contributed by atoms with Gasteiger partial charge in [-0.1, -0.05) is 6.07 Å². The van der Waals surface area contributed by atoms with Crippen LogP contribution in [0.15, 0.2) is 18.2 Å². The number of rotatable bonds is 4. The number of benzene rings is 1. The molecule has 1 aromatic carbocycles. The molecule has 1 atom stereocenters. The predicted molar refractivity (Wildman–Crippen MR) is 62.3 cm³/mol. The van der Waals surface area contributed by atoms with E-state index < -0.39 is 11.8 Å². The van der Waals surface area contributed by atoms with E-state index in [0.717, 1.165) is 0 Å². The Morgan fingerprint density at radius 3 is 2.58 bits per heavy atom. The minimum absolute atomic E-state index is 0.0403. The lowest BCUT2D eigenvalue weighted by Gasteiger charge is -2.43. The summed E-state index contributed by atoms with van der Waals surface area (Å²) in [6, 6.07) is 4.21. The van der Waals surface area contributed by atoms with E-state index in [4.69, 9.17) is 9.47 Å². The fourth-order valence-electron chi connectivity index (χ4n) is 2.08. The summed E-state index contributed by atoms with van der Waals surface area (Å²) in [6.45, 7) is 2.19. The predicted octanol–water partition coefficient (Wildman–Crippen LogP) is 3.05. The molecule has 0 spiro atoms. The maximum atomic E-state index is 13.0. The molecule has 106 valence electrons. The molecule has 2 rings (SSSR count). The number of alkyl halides is 3. The molecule has 1 aliphatic heterocycles. The van der Waals surface area contributed by atoms with Crippen LogP contribution < -0.4 is 4.74 Å². The lowest BCUT2D eigenvalue weighted by atomic mass is 9.86. The third-order valence-corrected chi connectivity index (χ3v) is 3.21. The van der Waals surface area contributed by atoms with Crippen molar-refractivity contribution in [2.75, 3.05) is 13.2 Å². The van der Waals surface area contributed by atoms with Crippen LogP contribution >= 0.6 is 0 Å². The standard InChI is InChI=1S/C13H15F3O3/c1-2-18-11-7-9(3-4-10(11)17)8-12(5-6-19-12)13(14,15)16/h3-4,7,17H,2,5-6,8H2,1H3. The number of hydrogen-bond donors (Lipinski definition) is 1. The molecule has 0 radical (unpaired) electrons. The van der Waals surface area contributed by atoms with Gasteiger partial charge in [0.25, 0.3) is 0 Å². The minimum atomic E-state index is -4.39. The van der Waals surface area contributed by atoms with Crippen molar-refractivity contribution in [2.45, 2.75) is 31.5 Å². The second-order valence-electron chi connectivity index (χ2n) is 4.50. The molecule has 19 heavy (non-hydrogen) atoms. The summed E-state index contributed by atoms with van der Waals surface area (Å²) in [5.74, 6) is 0.109. The minimum Gasteiger partial charge on any atom is -0.504 e. The first-order valence-corrected chi connectivity index (χ1v) is 6.03. The Labute approximate surface area is 108 Å². The normalized spacial score (nSPS) is 22.9. The Morgan fingerprint density at radius 1 is 1.42 bits per heavy atom. The second-order valence-corrected chi connectivity index (χ2v) is 4.50. The summed E-state index contributed by atoms with van der Waals surface area (Å²) >= 11 is 0. The van der Waals surface area contributed by atoms with E-state index in [2.05, 4.69) is 0 Å². The highest BCUT2D eigenvalue weighted by Crippen LogP contribution is 2.45. The summed E-state index contributed by atoms with van der Waals surface area (Å²) < 4.78 is 48.8. The average molecular weight is 276 g/mol. The first-order valence-electron chi connectivity index (χ1n) is 6.03. The number of halogens is 3. The average Bonchev–Trinajstić information content (AvgIpc) is 2.26. The van der Waals surface area contributed by atoms with Crippen molar-refractivity contribution >= 4 is 0 Å². The van der Waals surface area contributed by atoms with E-state index in [-0.39, 0.29) is 30.9 Å². The van der Waals surface area contributed by atoms with Crippen LogP contribution in [-0.2, 0) is 11.2 Å². The highest BCUT2D eigenvalue weighted by molar-refractivity contribution is 5.42. The van der Waals surface area contributed by atoms with Gasteiger partial charge >= 0.3 is 6.18 Å². The van der Waals surface area contributed by atoms with Gasteiger partial charge in [0.2, 0.25) is 0 Å². The highest BCUT2D eigenvalue weighted by Gasteiger charge is 2.59. The van der Waals surface area contributed by atoms with Gasteiger partial charge in [-0.3, -0.25) is 0 Å². The van der Waals surface area contributed by atoms with Gasteiger partial charge in [-0.05, 0) is 24.6 Å². The van der Waals surface area contributed by atoms with E-state index in [1.165, 1.54) is 18.2 Å². The van der Waals surface area contributed by atoms with Crippen molar-refractivity contribution in [1.82, 2.24) is 0 Å². The van der Waals surface area contributed by atoms with Crippen molar-refractivity contribution < 1.29 is 27.8 Å². The summed E-state index contributed by atoms with van der Waals surface area (Å²) in [4.78, 5) is 0. The van der Waals surface area contributed by atoms with Crippen LogP contribution in [-0.4, -0.2) is 30.1 Å². The highest BCUT2D eigenvalue weighted by atomic mass is 19.4.